The zero-order valence-corrected chi connectivity index (χ0v) is 60.4. The van der Waals surface area contributed by atoms with Gasteiger partial charge in [-0.2, -0.15) is 0 Å². The molecule has 106 heavy (non-hydrogen) atoms. The molecule has 0 amide bonds. The molecule has 4 saturated carbocycles. The molecule has 0 radical (unpaired) electrons. The van der Waals surface area contributed by atoms with E-state index in [1.165, 1.54) is 13.8 Å². The van der Waals surface area contributed by atoms with Crippen molar-refractivity contribution in [2.24, 2.45) is 50.2 Å². The Bertz CT molecular complexity index is 3100. The molecule has 0 unspecified atom stereocenters. The average Bonchev–Trinajstić information content (AvgIpc) is 0.673. The Hall–Kier alpha value is -2.89. The Balaban J connectivity index is 0.805. The SMILES string of the molecule is C[C@@H]1O[C@@H](O[C@H]2[C@H](OC(=O)[C@]34CCC(C)(C)C[C@H]3C3=CC[C@@H]5[C@@]6(C)CC[C@H](O[C@@H]7O[C@H](C(=O)O)[C@@H](O)[C@H](O[C@@H]8OC[C@H](O)[C@H](O)[C@H]8O)[C@H]7O[C@@H]7O[C@H](CO)[C@H](O)[C@H](O)[C@H]7O)[C@@](C)(C=O)[C@@H]6CC[C@@]5(C)[C@]3(C)CC4)O[C@H](C)[C@H](O)[C@@H]2O)[C@H](O)[C@H](O[C@@H]2O[C@H](CO)[C@@H](O)[C@H](O)[C@H]2O)[C@H]1O[C@@H]1OC[C@@H](O)[C@H](O)[C@H]1O. The number of hydrogen-bond acceptors (Lipinski definition) is 35. The van der Waals surface area contributed by atoms with Crippen molar-refractivity contribution in [1.82, 2.24) is 0 Å². The van der Waals surface area contributed by atoms with Crippen LogP contribution >= 0.6 is 0 Å². The fourth-order valence-corrected chi connectivity index (χ4v) is 20.1. The summed E-state index contributed by atoms with van der Waals surface area (Å²) in [6.45, 7) is 12.6. The Labute approximate surface area is 610 Å². The van der Waals surface area contributed by atoms with Gasteiger partial charge >= 0.3 is 11.9 Å². The second-order valence-corrected chi connectivity index (χ2v) is 33.5. The maximum Gasteiger partial charge on any atom is 0.335 e. The molecule has 7 aliphatic heterocycles. The summed E-state index contributed by atoms with van der Waals surface area (Å²) in [7, 11) is 0. The van der Waals surface area contributed by atoms with Crippen LogP contribution in [0.1, 0.15) is 120 Å². The first-order valence-electron chi connectivity index (χ1n) is 36.9. The molecular formula is C70H110O36. The molecule has 0 aromatic heterocycles. The molecule has 0 aromatic rings. The van der Waals surface area contributed by atoms with Crippen LogP contribution in [0.5, 0.6) is 0 Å². The van der Waals surface area contributed by atoms with Gasteiger partial charge in [0.25, 0.3) is 0 Å². The maximum absolute atomic E-state index is 15.8. The lowest BCUT2D eigenvalue weighted by Gasteiger charge is -2.71. The van der Waals surface area contributed by atoms with E-state index in [1.54, 1.807) is 6.92 Å². The minimum atomic E-state index is -2.21. The number of aliphatic hydroxyl groups is 18. The van der Waals surface area contributed by atoms with Crippen molar-refractivity contribution in [1.29, 1.82) is 0 Å². The lowest BCUT2D eigenvalue weighted by Crippen LogP contribution is -2.69. The van der Waals surface area contributed by atoms with Gasteiger partial charge in [0.15, 0.2) is 49.9 Å². The van der Waals surface area contributed by atoms with Crippen molar-refractivity contribution in [3.63, 3.8) is 0 Å². The van der Waals surface area contributed by atoms with E-state index in [0.717, 1.165) is 11.9 Å². The molecule has 7 heterocycles. The van der Waals surface area contributed by atoms with Gasteiger partial charge in [0, 0.05) is 0 Å². The fourth-order valence-electron chi connectivity index (χ4n) is 20.1. The number of aliphatic hydroxyl groups excluding tert-OH is 18. The van der Waals surface area contributed by atoms with Crippen LogP contribution in [0, 0.1) is 50.2 Å². The van der Waals surface area contributed by atoms with Crippen molar-refractivity contribution < 1.29 is 178 Å². The molecule has 42 atom stereocenters. The van der Waals surface area contributed by atoms with Crippen molar-refractivity contribution in [3.05, 3.63) is 11.6 Å². The first-order chi connectivity index (χ1) is 49.8. The van der Waals surface area contributed by atoms with Crippen molar-refractivity contribution in [3.8, 4) is 0 Å². The second-order valence-electron chi connectivity index (χ2n) is 33.5. The predicted molar refractivity (Wildman–Crippen MR) is 347 cm³/mol. The van der Waals surface area contributed by atoms with E-state index in [-0.39, 0.29) is 17.8 Å². The molecule has 12 rings (SSSR count). The number of hydrogen-bond donors (Lipinski definition) is 19. The summed E-state index contributed by atoms with van der Waals surface area (Å²) in [6, 6.07) is 0. The summed E-state index contributed by atoms with van der Waals surface area (Å²) in [5.74, 6) is -3.43. The summed E-state index contributed by atoms with van der Waals surface area (Å²) in [4.78, 5) is 43.1. The fraction of sp³-hybridized carbons (Fsp3) is 0.929. The highest BCUT2D eigenvalue weighted by atomic mass is 16.8. The van der Waals surface area contributed by atoms with E-state index in [1.807, 2.05) is 0 Å². The molecule has 12 aliphatic rings. The van der Waals surface area contributed by atoms with Crippen LogP contribution < -0.4 is 0 Å². The number of carbonyl (C=O) groups is 3. The summed E-state index contributed by atoms with van der Waals surface area (Å²) in [5.41, 5.74) is -3.63. The van der Waals surface area contributed by atoms with Gasteiger partial charge < -0.3 is 168 Å². The summed E-state index contributed by atoms with van der Waals surface area (Å²) >= 11 is 0. The van der Waals surface area contributed by atoms with E-state index in [2.05, 4.69) is 40.7 Å². The third-order valence-corrected chi connectivity index (χ3v) is 26.8. The van der Waals surface area contributed by atoms with Gasteiger partial charge in [0.2, 0.25) is 6.29 Å². The summed E-state index contributed by atoms with van der Waals surface area (Å²) in [5, 5.41) is 207. The smallest absolute Gasteiger partial charge is 0.335 e. The number of aldehydes is 1. The van der Waals surface area contributed by atoms with Crippen LogP contribution in [0.3, 0.4) is 0 Å². The Morgan fingerprint density at radius 2 is 0.991 bits per heavy atom. The molecule has 7 saturated heterocycles. The van der Waals surface area contributed by atoms with Crippen molar-refractivity contribution in [2.45, 2.75) is 328 Å². The molecule has 606 valence electrons. The molecule has 36 nitrogen and oxygen atoms in total. The molecule has 5 aliphatic carbocycles. The summed E-state index contributed by atoms with van der Waals surface area (Å²) < 4.78 is 85.0. The highest BCUT2D eigenvalue weighted by molar-refractivity contribution is 5.79. The lowest BCUT2D eigenvalue weighted by molar-refractivity contribution is -0.394. The van der Waals surface area contributed by atoms with E-state index in [4.69, 9.17) is 66.3 Å². The molecule has 36 heteroatoms. The number of fused-ring (bicyclic) bond motifs is 7. The highest BCUT2D eigenvalue weighted by Crippen LogP contribution is 2.76. The zero-order valence-electron chi connectivity index (χ0n) is 60.4. The topological polar surface area (TPSA) is 565 Å². The Morgan fingerprint density at radius 1 is 0.481 bits per heavy atom. The third kappa shape index (κ3) is 14.2. The first-order valence-corrected chi connectivity index (χ1v) is 36.9. The van der Waals surface area contributed by atoms with Crippen LogP contribution in [0.15, 0.2) is 11.6 Å². The quantitative estimate of drug-likeness (QED) is 0.0263. The largest absolute Gasteiger partial charge is 0.479 e. The van der Waals surface area contributed by atoms with Crippen LogP contribution in [-0.4, -0.2) is 351 Å². The molecule has 11 fully saturated rings. The number of ether oxygens (including phenoxy) is 14. The number of rotatable bonds is 18. The van der Waals surface area contributed by atoms with Gasteiger partial charge in [-0.3, -0.25) is 4.79 Å². The Morgan fingerprint density at radius 3 is 1.56 bits per heavy atom. The van der Waals surface area contributed by atoms with Crippen LogP contribution in [-0.2, 0) is 80.7 Å². The van der Waals surface area contributed by atoms with Gasteiger partial charge in [0.1, 0.15) is 141 Å². The van der Waals surface area contributed by atoms with Gasteiger partial charge in [-0.05, 0) is 117 Å². The van der Waals surface area contributed by atoms with Crippen LogP contribution in [0.25, 0.3) is 0 Å². The minimum Gasteiger partial charge on any atom is -0.479 e. The monoisotopic (exact) mass is 1530 g/mol. The Kier molecular flexibility index (Phi) is 24.3. The van der Waals surface area contributed by atoms with Gasteiger partial charge in [-0.25, -0.2) is 4.79 Å². The second kappa shape index (κ2) is 31.1. The number of carboxylic acid groups (broad SMARTS) is 1. The van der Waals surface area contributed by atoms with Gasteiger partial charge in [-0.15, -0.1) is 0 Å². The van der Waals surface area contributed by atoms with E-state index in [9.17, 15) is 107 Å². The standard InChI is InChI=1S/C70H110O36/c1-25-36(76)43(83)54(104-61-49(89)52(102-59-46(86)41(81)39(79)31(20-71)97-59)50(26(2)96-61)100-57-44(84)37(77)29(74)22-93-57)62(95-25)106-64(92)70-17-15-65(3,4)19-28(70)27-9-10-34-66(5)13-12-35(67(6,24-73)33(66)11-14-69(34,8)68(27,7)16-18-70)99-63-55(105-60-47(87)42(82)40(80)32(21-72)98-60)51(48(88)53(103-63)56(90)91)101-58-45(85)38(78)30(75)23-94-58/h9,24-26,28-55,57-63,71-72,74-89H,10-23H2,1-8H3,(H,90,91)/t25-,26+,28+,29-,30+,31-,32-,33-,34-,35+,36+,37+,38+,39-,40+,41+,42+,43+,44-,45-,46-,47-,48+,49-,50+,51+,52+,53+,54-,55-,57+,58+,59+,60+,61+,62+,63-,66+,67+,68-,69-,70+/m1/s1. The normalized spacial score (nSPS) is 54.7. The zero-order chi connectivity index (χ0) is 77.3. The molecule has 0 aromatic carbocycles. The first kappa shape index (κ1) is 82.6. The number of esters is 1. The third-order valence-electron chi connectivity index (χ3n) is 26.8. The minimum absolute atomic E-state index is 0.127. The number of carboxylic acids is 1. The molecule has 0 spiro atoms. The molecular weight excluding hydrogens is 1420 g/mol. The van der Waals surface area contributed by atoms with Crippen LogP contribution in [0.2, 0.25) is 0 Å². The number of carbonyl (C=O) groups excluding carboxylic acids is 2. The van der Waals surface area contributed by atoms with Gasteiger partial charge in [0.05, 0.1) is 55.6 Å². The van der Waals surface area contributed by atoms with E-state index < -0.39 is 286 Å². The van der Waals surface area contributed by atoms with Gasteiger partial charge in [-0.1, -0.05) is 53.2 Å². The average molecular weight is 1530 g/mol. The summed E-state index contributed by atoms with van der Waals surface area (Å²) in [6.07, 6.45) is -53.9. The number of aliphatic carboxylic acids is 1. The highest BCUT2D eigenvalue weighted by Gasteiger charge is 2.72. The predicted octanol–water partition coefficient (Wildman–Crippen LogP) is -5.96. The van der Waals surface area contributed by atoms with Crippen molar-refractivity contribution in [2.75, 3.05) is 26.4 Å². The van der Waals surface area contributed by atoms with E-state index >= 15 is 4.79 Å². The van der Waals surface area contributed by atoms with E-state index in [0.29, 0.717) is 57.8 Å². The lowest BCUT2D eigenvalue weighted by atomic mass is 9.33. The maximum atomic E-state index is 15.8. The van der Waals surface area contributed by atoms with Crippen LogP contribution in [0.4, 0.5) is 0 Å². The number of allylic oxidation sites excluding steroid dienone is 2. The molecule has 19 N–H and O–H groups in total. The van der Waals surface area contributed by atoms with Crippen molar-refractivity contribution >= 4 is 18.2 Å². The molecule has 0 bridgehead atoms.